The van der Waals surface area contributed by atoms with E-state index in [2.05, 4.69) is 15.4 Å². The van der Waals surface area contributed by atoms with Gasteiger partial charge in [-0.15, -0.1) is 5.10 Å². The average Bonchev–Trinajstić information content (AvgIpc) is 3.45. The number of rotatable bonds is 4. The highest BCUT2D eigenvalue weighted by Crippen LogP contribution is 2.52. The van der Waals surface area contributed by atoms with Crippen LogP contribution in [0.25, 0.3) is 5.65 Å². The summed E-state index contributed by atoms with van der Waals surface area (Å²) in [6.45, 7) is 0.478. The van der Waals surface area contributed by atoms with E-state index in [1.165, 1.54) is 9.42 Å². The molecule has 32 heavy (non-hydrogen) atoms. The summed E-state index contributed by atoms with van der Waals surface area (Å²) in [6, 6.07) is 5.03. The van der Waals surface area contributed by atoms with Gasteiger partial charge in [0, 0.05) is 24.4 Å². The molecule has 0 bridgehead atoms. The van der Waals surface area contributed by atoms with Crippen LogP contribution in [0.5, 0.6) is 0 Å². The lowest BCUT2D eigenvalue weighted by molar-refractivity contribution is -0.173. The third-order valence-corrected chi connectivity index (χ3v) is 6.86. The van der Waals surface area contributed by atoms with Gasteiger partial charge in [-0.2, -0.15) is 18.2 Å². The molecule has 5 rings (SSSR count). The first-order valence-corrected chi connectivity index (χ1v) is 10.8. The summed E-state index contributed by atoms with van der Waals surface area (Å²) in [5.41, 5.74) is -1.23. The zero-order valence-electron chi connectivity index (χ0n) is 17.3. The summed E-state index contributed by atoms with van der Waals surface area (Å²) in [7, 11) is 0. The Bertz CT molecular complexity index is 1060. The van der Waals surface area contributed by atoms with E-state index >= 15 is 4.39 Å². The third-order valence-electron chi connectivity index (χ3n) is 6.86. The van der Waals surface area contributed by atoms with Crippen molar-refractivity contribution in [1.29, 1.82) is 0 Å². The van der Waals surface area contributed by atoms with Crippen LogP contribution in [0, 0.1) is 11.3 Å². The molecule has 172 valence electrons. The Kier molecular flexibility index (Phi) is 4.72. The smallest absolute Gasteiger partial charge is 0.341 e. The number of pyridine rings is 1. The van der Waals surface area contributed by atoms with Crippen LogP contribution in [-0.4, -0.2) is 50.6 Å². The molecule has 2 amide bonds. The Balaban J connectivity index is 1.27. The van der Waals surface area contributed by atoms with Crippen molar-refractivity contribution in [3.8, 4) is 0 Å². The summed E-state index contributed by atoms with van der Waals surface area (Å²) < 4.78 is 54.8. The van der Waals surface area contributed by atoms with E-state index in [-0.39, 0.29) is 49.1 Å². The molecule has 2 saturated carbocycles. The molecule has 3 fully saturated rings. The first-order chi connectivity index (χ1) is 15.1. The number of carbonyl (C=O) groups is 2. The fraction of sp³-hybridized carbons (Fsp3) is 0.619. The van der Waals surface area contributed by atoms with Gasteiger partial charge in [-0.25, -0.2) is 8.91 Å². The molecule has 2 aromatic heterocycles. The van der Waals surface area contributed by atoms with Crippen LogP contribution in [-0.2, 0) is 15.3 Å². The lowest BCUT2D eigenvalue weighted by Gasteiger charge is -2.54. The summed E-state index contributed by atoms with van der Waals surface area (Å²) in [5, 5.41) is 6.97. The number of halogens is 4. The maximum atomic E-state index is 16.0. The maximum absolute atomic E-state index is 16.0. The van der Waals surface area contributed by atoms with Gasteiger partial charge in [0.2, 0.25) is 17.8 Å². The van der Waals surface area contributed by atoms with Gasteiger partial charge in [0.25, 0.3) is 0 Å². The second-order valence-electron chi connectivity index (χ2n) is 9.39. The number of hydrogen-bond donors (Lipinski definition) is 1. The third kappa shape index (κ3) is 3.93. The molecule has 1 spiro atoms. The number of amides is 2. The van der Waals surface area contributed by atoms with Crippen molar-refractivity contribution in [3.63, 3.8) is 0 Å². The summed E-state index contributed by atoms with van der Waals surface area (Å²) >= 11 is 0. The van der Waals surface area contributed by atoms with Crippen LogP contribution in [0.3, 0.4) is 0 Å². The van der Waals surface area contributed by atoms with Crippen molar-refractivity contribution in [3.05, 3.63) is 23.9 Å². The molecule has 1 N–H and O–H groups in total. The minimum absolute atomic E-state index is 0.00631. The molecule has 7 nitrogen and oxygen atoms in total. The van der Waals surface area contributed by atoms with E-state index < -0.39 is 24.2 Å². The van der Waals surface area contributed by atoms with Gasteiger partial charge < -0.3 is 4.90 Å². The molecular weight excluding hydrogens is 430 g/mol. The second-order valence-corrected chi connectivity index (χ2v) is 9.39. The van der Waals surface area contributed by atoms with Gasteiger partial charge in [-0.05, 0) is 50.7 Å². The number of alkyl halides is 4. The Labute approximate surface area is 181 Å². The highest BCUT2D eigenvalue weighted by Gasteiger charge is 2.52. The summed E-state index contributed by atoms with van der Waals surface area (Å²) in [4.78, 5) is 29.3. The highest BCUT2D eigenvalue weighted by atomic mass is 19.4. The van der Waals surface area contributed by atoms with Crippen LogP contribution in [0.1, 0.15) is 50.6 Å². The molecule has 3 aliphatic rings. The monoisotopic (exact) mass is 453 g/mol. The molecule has 0 unspecified atom stereocenters. The largest absolute Gasteiger partial charge is 0.397 e. The molecule has 0 aromatic carbocycles. The number of aromatic nitrogens is 3. The fourth-order valence-corrected chi connectivity index (χ4v) is 4.83. The molecule has 2 aromatic rings. The topological polar surface area (TPSA) is 79.6 Å². The molecule has 1 saturated heterocycles. The Hall–Kier alpha value is -2.72. The Morgan fingerprint density at radius 3 is 2.44 bits per heavy atom. The highest BCUT2D eigenvalue weighted by molar-refractivity contribution is 5.92. The van der Waals surface area contributed by atoms with Crippen molar-refractivity contribution < 1.29 is 27.2 Å². The minimum Gasteiger partial charge on any atom is -0.341 e. The van der Waals surface area contributed by atoms with Crippen LogP contribution < -0.4 is 5.32 Å². The van der Waals surface area contributed by atoms with Gasteiger partial charge in [0.15, 0.2) is 11.3 Å². The van der Waals surface area contributed by atoms with Crippen molar-refractivity contribution >= 4 is 23.4 Å². The SMILES string of the molecule is O=C(Nc1nc2cccc(C3(F)CCC4(CC3)CN(C(=O)CC(F)(F)F)C4)n2n1)C1CC1. The zero-order valence-corrected chi connectivity index (χ0v) is 17.3. The fourth-order valence-electron chi connectivity index (χ4n) is 4.83. The lowest BCUT2D eigenvalue weighted by atomic mass is 9.64. The quantitative estimate of drug-likeness (QED) is 0.718. The zero-order chi connectivity index (χ0) is 22.7. The normalized spacial score (nSPS) is 22.1. The molecule has 11 heteroatoms. The molecule has 0 atom stereocenters. The van der Waals surface area contributed by atoms with Crippen LogP contribution in [0.2, 0.25) is 0 Å². The number of anilines is 1. The van der Waals surface area contributed by atoms with Crippen LogP contribution in [0.4, 0.5) is 23.5 Å². The summed E-state index contributed by atoms with van der Waals surface area (Å²) in [6.07, 6.45) is -2.99. The predicted molar refractivity (Wildman–Crippen MR) is 105 cm³/mol. The summed E-state index contributed by atoms with van der Waals surface area (Å²) in [5.74, 6) is -0.920. The number of nitrogens with one attached hydrogen (secondary N) is 1. The van der Waals surface area contributed by atoms with E-state index in [4.69, 9.17) is 0 Å². The first-order valence-electron chi connectivity index (χ1n) is 10.8. The number of likely N-dealkylation sites (tertiary alicyclic amines) is 1. The number of nitrogens with zero attached hydrogens (tertiary/aromatic N) is 4. The van der Waals surface area contributed by atoms with E-state index in [0.29, 0.717) is 24.2 Å². The van der Waals surface area contributed by atoms with E-state index in [1.54, 1.807) is 18.2 Å². The number of fused-ring (bicyclic) bond motifs is 1. The van der Waals surface area contributed by atoms with Crippen molar-refractivity contribution in [1.82, 2.24) is 19.5 Å². The van der Waals surface area contributed by atoms with Crippen LogP contribution >= 0.6 is 0 Å². The van der Waals surface area contributed by atoms with Gasteiger partial charge in [0.05, 0.1) is 5.69 Å². The van der Waals surface area contributed by atoms with E-state index in [0.717, 1.165) is 12.8 Å². The first kappa shape index (κ1) is 21.1. The van der Waals surface area contributed by atoms with Crippen molar-refractivity contribution in [2.75, 3.05) is 18.4 Å². The van der Waals surface area contributed by atoms with Crippen molar-refractivity contribution in [2.45, 2.75) is 56.8 Å². The number of hydrogen-bond acceptors (Lipinski definition) is 4. The number of carbonyl (C=O) groups excluding carboxylic acids is 2. The van der Waals surface area contributed by atoms with E-state index in [1.807, 2.05) is 0 Å². The second kappa shape index (κ2) is 7.14. The molecule has 3 heterocycles. The average molecular weight is 453 g/mol. The van der Waals surface area contributed by atoms with Crippen LogP contribution in [0.15, 0.2) is 18.2 Å². The predicted octanol–water partition coefficient (Wildman–Crippen LogP) is 3.60. The van der Waals surface area contributed by atoms with Gasteiger partial charge in [-0.1, -0.05) is 6.07 Å². The standard InChI is InChI=1S/C21H23F4N5O2/c22-20(8-6-19(7-9-20)11-29(12-19)16(31)10-21(23,24)25)14-2-1-3-15-26-18(28-30(14)15)27-17(32)13-4-5-13/h1-3,13H,4-12H2,(H,27,28,32). The molecular formula is C21H23F4N5O2. The Morgan fingerprint density at radius 1 is 1.12 bits per heavy atom. The maximum Gasteiger partial charge on any atom is 0.397 e. The van der Waals surface area contributed by atoms with Gasteiger partial charge >= 0.3 is 6.18 Å². The van der Waals surface area contributed by atoms with E-state index in [9.17, 15) is 22.8 Å². The van der Waals surface area contributed by atoms with Gasteiger partial charge in [-0.3, -0.25) is 14.9 Å². The van der Waals surface area contributed by atoms with Crippen molar-refractivity contribution in [2.24, 2.45) is 11.3 Å². The molecule has 1 aliphatic heterocycles. The molecule has 0 radical (unpaired) electrons. The van der Waals surface area contributed by atoms with Gasteiger partial charge in [0.1, 0.15) is 6.42 Å². The minimum atomic E-state index is -4.52. The Morgan fingerprint density at radius 2 is 1.81 bits per heavy atom. The molecule has 2 aliphatic carbocycles. The lowest BCUT2D eigenvalue weighted by Crippen LogP contribution is -2.60.